The Hall–Kier alpha value is -2.92. The van der Waals surface area contributed by atoms with Crippen LogP contribution < -0.4 is 10.3 Å². The van der Waals surface area contributed by atoms with Crippen molar-refractivity contribution in [2.75, 3.05) is 57.4 Å². The van der Waals surface area contributed by atoms with Crippen molar-refractivity contribution in [1.29, 1.82) is 0 Å². The Morgan fingerprint density at radius 2 is 1.68 bits per heavy atom. The predicted octanol–water partition coefficient (Wildman–Crippen LogP) is 2.48. The van der Waals surface area contributed by atoms with Gasteiger partial charge < -0.3 is 19.1 Å². The smallest absolute Gasteiger partial charge is 0.259 e. The van der Waals surface area contributed by atoms with Crippen LogP contribution in [0.4, 0.5) is 5.69 Å². The molecule has 1 amide bonds. The van der Waals surface area contributed by atoms with Crippen LogP contribution in [0.1, 0.15) is 15.9 Å². The normalized spacial score (nSPS) is 17.4. The average Bonchev–Trinajstić information content (AvgIpc) is 2.92. The Bertz CT molecular complexity index is 1520. The molecule has 2 fully saturated rings. The van der Waals surface area contributed by atoms with Gasteiger partial charge >= 0.3 is 0 Å². The third-order valence-electron chi connectivity index (χ3n) is 7.08. The first kappa shape index (κ1) is 25.7. The fraction of sp³-hybridized carbons (Fsp3) is 0.385. The molecule has 11 heteroatoms. The first-order valence-corrected chi connectivity index (χ1v) is 14.0. The Kier molecular flexibility index (Phi) is 7.01. The maximum Gasteiger partial charge on any atom is 0.259 e. The van der Waals surface area contributed by atoms with Crippen molar-refractivity contribution in [3.05, 3.63) is 69.0 Å². The number of aryl methyl sites for hydroxylation is 2. The fourth-order valence-corrected chi connectivity index (χ4v) is 6.57. The van der Waals surface area contributed by atoms with Crippen molar-refractivity contribution >= 4 is 44.1 Å². The van der Waals surface area contributed by atoms with Crippen LogP contribution in [0, 0.1) is 6.92 Å². The Labute approximate surface area is 220 Å². The standard InChI is InChI=1S/C26H29ClN4O5S/c1-18-3-4-19(27)15-24(18)29-7-9-30(10-8-29)26(33)22-17-28(2)23-6-5-20(16-21(23)25(22)32)37(34,35)31-11-13-36-14-12-31/h3-6,15-17H,7-14H2,1-2H3. The minimum Gasteiger partial charge on any atom is -0.379 e. The molecule has 1 aromatic heterocycles. The monoisotopic (exact) mass is 544 g/mol. The van der Waals surface area contributed by atoms with Gasteiger partial charge in [-0.25, -0.2) is 8.42 Å². The third kappa shape index (κ3) is 4.86. The van der Waals surface area contributed by atoms with E-state index in [1.165, 1.54) is 22.6 Å². The van der Waals surface area contributed by atoms with Gasteiger partial charge in [-0.2, -0.15) is 4.31 Å². The lowest BCUT2D eigenvalue weighted by molar-refractivity contribution is 0.0730. The highest BCUT2D eigenvalue weighted by Gasteiger charge is 2.29. The van der Waals surface area contributed by atoms with Gasteiger partial charge in [0.1, 0.15) is 5.56 Å². The van der Waals surface area contributed by atoms with Gasteiger partial charge in [0.05, 0.1) is 23.6 Å². The number of hydrogen-bond acceptors (Lipinski definition) is 6. The molecule has 0 unspecified atom stereocenters. The number of pyridine rings is 1. The SMILES string of the molecule is Cc1ccc(Cl)cc1N1CCN(C(=O)c2cn(C)c3ccc(S(=O)(=O)N4CCOCC4)cc3c2=O)CC1. The van der Waals surface area contributed by atoms with Crippen molar-refractivity contribution in [3.63, 3.8) is 0 Å². The van der Waals surface area contributed by atoms with E-state index in [-0.39, 0.29) is 34.8 Å². The summed E-state index contributed by atoms with van der Waals surface area (Å²) in [6, 6.07) is 10.3. The number of piperazine rings is 1. The van der Waals surface area contributed by atoms with Crippen molar-refractivity contribution in [2.24, 2.45) is 7.05 Å². The lowest BCUT2D eigenvalue weighted by Gasteiger charge is -2.37. The lowest BCUT2D eigenvalue weighted by Crippen LogP contribution is -2.49. The number of nitrogens with zero attached hydrogens (tertiary/aromatic N) is 4. The van der Waals surface area contributed by atoms with Gasteiger partial charge in [-0.15, -0.1) is 0 Å². The highest BCUT2D eigenvalue weighted by molar-refractivity contribution is 7.89. The minimum atomic E-state index is -3.78. The molecule has 0 aliphatic carbocycles. The number of ether oxygens (including phenoxy) is 1. The summed E-state index contributed by atoms with van der Waals surface area (Å²) in [5.74, 6) is -0.355. The van der Waals surface area contributed by atoms with Crippen LogP contribution in [0.25, 0.3) is 10.9 Å². The van der Waals surface area contributed by atoms with Crippen LogP contribution in [0.5, 0.6) is 0 Å². The van der Waals surface area contributed by atoms with E-state index in [0.717, 1.165) is 11.3 Å². The van der Waals surface area contributed by atoms with Crippen molar-refractivity contribution in [1.82, 2.24) is 13.8 Å². The largest absolute Gasteiger partial charge is 0.379 e. The van der Waals surface area contributed by atoms with E-state index in [1.54, 1.807) is 22.6 Å². The molecule has 0 bridgehead atoms. The number of rotatable bonds is 4. The van der Waals surface area contributed by atoms with E-state index in [4.69, 9.17) is 16.3 Å². The molecule has 9 nitrogen and oxygen atoms in total. The topological polar surface area (TPSA) is 92.2 Å². The van der Waals surface area contributed by atoms with Crippen molar-refractivity contribution in [2.45, 2.75) is 11.8 Å². The maximum atomic E-state index is 13.5. The minimum absolute atomic E-state index is 0.0308. The van der Waals surface area contributed by atoms with Gasteiger partial charge in [0, 0.05) is 68.6 Å². The Balaban J connectivity index is 1.42. The Morgan fingerprint density at radius 1 is 0.973 bits per heavy atom. The molecular weight excluding hydrogens is 516 g/mol. The summed E-state index contributed by atoms with van der Waals surface area (Å²) >= 11 is 6.18. The summed E-state index contributed by atoms with van der Waals surface area (Å²) in [5.41, 5.74) is 2.27. The summed E-state index contributed by atoms with van der Waals surface area (Å²) in [6.07, 6.45) is 1.54. The van der Waals surface area contributed by atoms with Gasteiger partial charge in [-0.3, -0.25) is 9.59 Å². The molecule has 3 heterocycles. The number of amides is 1. The molecule has 3 aromatic rings. The first-order valence-electron chi connectivity index (χ1n) is 12.2. The highest BCUT2D eigenvalue weighted by atomic mass is 35.5. The lowest BCUT2D eigenvalue weighted by atomic mass is 10.1. The summed E-state index contributed by atoms with van der Waals surface area (Å²) in [7, 11) is -2.04. The Morgan fingerprint density at radius 3 is 2.38 bits per heavy atom. The van der Waals surface area contributed by atoms with Crippen LogP contribution in [-0.4, -0.2) is 80.6 Å². The average molecular weight is 545 g/mol. The van der Waals surface area contributed by atoms with Crippen molar-refractivity contribution < 1.29 is 17.9 Å². The molecule has 0 radical (unpaired) electrons. The number of morpholine rings is 1. The number of aromatic nitrogens is 1. The summed E-state index contributed by atoms with van der Waals surface area (Å²) in [6.45, 7) is 5.35. The number of carbonyl (C=O) groups is 1. The zero-order valence-electron chi connectivity index (χ0n) is 20.8. The number of halogens is 1. The van der Waals surface area contributed by atoms with Gasteiger partial charge in [0.25, 0.3) is 5.91 Å². The van der Waals surface area contributed by atoms with Gasteiger partial charge in [0.15, 0.2) is 0 Å². The molecule has 196 valence electrons. The van der Waals surface area contributed by atoms with Crippen LogP contribution in [0.3, 0.4) is 0 Å². The molecule has 2 saturated heterocycles. The molecule has 37 heavy (non-hydrogen) atoms. The molecule has 5 rings (SSSR count). The van der Waals surface area contributed by atoms with Crippen LogP contribution in [0.15, 0.2) is 52.3 Å². The van der Waals surface area contributed by atoms with E-state index in [1.807, 2.05) is 25.1 Å². The van der Waals surface area contributed by atoms with Crippen LogP contribution in [0.2, 0.25) is 5.02 Å². The molecule has 0 atom stereocenters. The zero-order chi connectivity index (χ0) is 26.3. The number of anilines is 1. The second kappa shape index (κ2) is 10.1. The van der Waals surface area contributed by atoms with E-state index >= 15 is 0 Å². The number of benzene rings is 2. The molecule has 2 aliphatic rings. The fourth-order valence-electron chi connectivity index (χ4n) is 4.96. The second-order valence-corrected chi connectivity index (χ2v) is 11.8. The van der Waals surface area contributed by atoms with Gasteiger partial charge in [-0.05, 0) is 42.8 Å². The van der Waals surface area contributed by atoms with E-state index in [2.05, 4.69) is 4.90 Å². The first-order chi connectivity index (χ1) is 17.7. The molecule has 2 aromatic carbocycles. The van der Waals surface area contributed by atoms with Gasteiger partial charge in [0.2, 0.25) is 15.5 Å². The molecule has 2 aliphatic heterocycles. The molecule has 0 spiro atoms. The van der Waals surface area contributed by atoms with E-state index < -0.39 is 15.5 Å². The van der Waals surface area contributed by atoms with Crippen LogP contribution in [-0.2, 0) is 21.8 Å². The third-order valence-corrected chi connectivity index (χ3v) is 9.21. The quantitative estimate of drug-likeness (QED) is 0.501. The van der Waals surface area contributed by atoms with E-state index in [0.29, 0.717) is 49.9 Å². The molecule has 0 saturated carbocycles. The second-order valence-electron chi connectivity index (χ2n) is 9.39. The van der Waals surface area contributed by atoms with Gasteiger partial charge in [-0.1, -0.05) is 17.7 Å². The zero-order valence-corrected chi connectivity index (χ0v) is 22.4. The number of sulfonamides is 1. The molecular formula is C26H29ClN4O5S. The van der Waals surface area contributed by atoms with Crippen LogP contribution >= 0.6 is 11.6 Å². The summed E-state index contributed by atoms with van der Waals surface area (Å²) < 4.78 is 34.6. The number of hydrogen-bond donors (Lipinski definition) is 0. The van der Waals surface area contributed by atoms with Crippen molar-refractivity contribution in [3.8, 4) is 0 Å². The maximum absolute atomic E-state index is 13.5. The number of fused-ring (bicyclic) bond motifs is 1. The number of carbonyl (C=O) groups excluding carboxylic acids is 1. The summed E-state index contributed by atoms with van der Waals surface area (Å²) in [4.78, 5) is 30.8. The predicted molar refractivity (Wildman–Crippen MR) is 143 cm³/mol. The highest BCUT2D eigenvalue weighted by Crippen LogP contribution is 2.26. The molecule has 0 N–H and O–H groups in total. The van der Waals surface area contributed by atoms with E-state index in [9.17, 15) is 18.0 Å². The summed E-state index contributed by atoms with van der Waals surface area (Å²) in [5, 5.41) is 0.865.